The largest absolute Gasteiger partial charge is 0.490 e. The first-order chi connectivity index (χ1) is 12.2. The Morgan fingerprint density at radius 2 is 1.88 bits per heavy atom. The lowest BCUT2D eigenvalue weighted by Crippen LogP contribution is -2.26. The zero-order chi connectivity index (χ0) is 17.5. The summed E-state index contributed by atoms with van der Waals surface area (Å²) in [6.45, 7) is 2.02. The van der Waals surface area contributed by atoms with Crippen LogP contribution in [0.25, 0.3) is 0 Å². The highest BCUT2D eigenvalue weighted by Crippen LogP contribution is 2.24. The Hall–Kier alpha value is -2.29. The first kappa shape index (κ1) is 17.5. The molecule has 2 aromatic carbocycles. The van der Waals surface area contributed by atoms with E-state index in [-0.39, 0.29) is 11.9 Å². The van der Waals surface area contributed by atoms with Crippen LogP contribution >= 0.6 is 0 Å². The van der Waals surface area contributed by atoms with E-state index >= 15 is 0 Å². The third kappa shape index (κ3) is 5.35. The van der Waals surface area contributed by atoms with Crippen molar-refractivity contribution in [1.82, 2.24) is 5.32 Å². The van der Waals surface area contributed by atoms with Gasteiger partial charge in [0.1, 0.15) is 5.75 Å². The third-order valence-electron chi connectivity index (χ3n) is 4.82. The molecule has 3 nitrogen and oxygen atoms in total. The van der Waals surface area contributed by atoms with Crippen molar-refractivity contribution in [3.05, 3.63) is 65.7 Å². The number of carbonyl (C=O) groups is 1. The number of aryl methyl sites for hydroxylation is 1. The highest BCUT2D eigenvalue weighted by Gasteiger charge is 2.16. The SMILES string of the molecule is CC(NC(=O)CCc1cccc(OC2CCCC2)c1)c1ccccc1. The molecule has 25 heavy (non-hydrogen) atoms. The van der Waals surface area contributed by atoms with E-state index in [9.17, 15) is 4.79 Å². The van der Waals surface area contributed by atoms with E-state index in [0.29, 0.717) is 12.5 Å². The number of hydrogen-bond donors (Lipinski definition) is 1. The summed E-state index contributed by atoms with van der Waals surface area (Å²) in [5, 5.41) is 3.07. The fourth-order valence-electron chi connectivity index (χ4n) is 3.37. The molecule has 1 amide bonds. The van der Waals surface area contributed by atoms with E-state index in [1.165, 1.54) is 12.8 Å². The van der Waals surface area contributed by atoms with Gasteiger partial charge in [-0.3, -0.25) is 4.79 Å². The van der Waals surface area contributed by atoms with Crippen LogP contribution < -0.4 is 10.1 Å². The molecule has 0 aromatic heterocycles. The molecule has 3 heteroatoms. The maximum atomic E-state index is 12.2. The number of nitrogens with one attached hydrogen (secondary N) is 1. The monoisotopic (exact) mass is 337 g/mol. The standard InChI is InChI=1S/C22H27NO2/c1-17(19-9-3-2-4-10-19)23-22(24)15-14-18-8-7-13-21(16-18)25-20-11-5-6-12-20/h2-4,7-10,13,16-17,20H,5-6,11-12,14-15H2,1H3,(H,23,24). The second-order valence-corrected chi connectivity index (χ2v) is 6.87. The number of ether oxygens (including phenoxy) is 1. The normalized spacial score (nSPS) is 15.7. The number of hydrogen-bond acceptors (Lipinski definition) is 2. The van der Waals surface area contributed by atoms with Gasteiger partial charge in [-0.05, 0) is 62.3 Å². The van der Waals surface area contributed by atoms with E-state index in [0.717, 1.165) is 36.1 Å². The van der Waals surface area contributed by atoms with Crippen LogP contribution in [0.2, 0.25) is 0 Å². The fraction of sp³-hybridized carbons (Fsp3) is 0.409. The van der Waals surface area contributed by atoms with Gasteiger partial charge in [-0.15, -0.1) is 0 Å². The highest BCUT2D eigenvalue weighted by molar-refractivity contribution is 5.76. The van der Waals surface area contributed by atoms with Crippen LogP contribution in [0.3, 0.4) is 0 Å². The second-order valence-electron chi connectivity index (χ2n) is 6.87. The summed E-state index contributed by atoms with van der Waals surface area (Å²) in [5.74, 6) is 1.01. The minimum atomic E-state index is 0.0331. The molecular formula is C22H27NO2. The Balaban J connectivity index is 1.48. The van der Waals surface area contributed by atoms with Gasteiger partial charge < -0.3 is 10.1 Å². The van der Waals surface area contributed by atoms with Gasteiger partial charge in [-0.25, -0.2) is 0 Å². The van der Waals surface area contributed by atoms with Crippen molar-refractivity contribution in [2.24, 2.45) is 0 Å². The van der Waals surface area contributed by atoms with Crippen LogP contribution in [0.5, 0.6) is 5.75 Å². The van der Waals surface area contributed by atoms with E-state index in [4.69, 9.17) is 4.74 Å². The summed E-state index contributed by atoms with van der Waals surface area (Å²) in [6, 6.07) is 18.3. The van der Waals surface area contributed by atoms with Gasteiger partial charge >= 0.3 is 0 Å². The molecule has 2 aromatic rings. The first-order valence-corrected chi connectivity index (χ1v) is 9.30. The third-order valence-corrected chi connectivity index (χ3v) is 4.82. The molecule has 0 aliphatic heterocycles. The van der Waals surface area contributed by atoms with E-state index in [2.05, 4.69) is 17.4 Å². The molecule has 0 radical (unpaired) electrons. The van der Waals surface area contributed by atoms with Crippen molar-refractivity contribution in [3.8, 4) is 5.75 Å². The molecule has 1 aliphatic carbocycles. The van der Waals surface area contributed by atoms with Crippen LogP contribution in [0.15, 0.2) is 54.6 Å². The molecule has 1 aliphatic rings. The summed E-state index contributed by atoms with van der Waals surface area (Å²) < 4.78 is 6.04. The van der Waals surface area contributed by atoms with Crippen LogP contribution in [-0.2, 0) is 11.2 Å². The quantitative estimate of drug-likeness (QED) is 0.787. The van der Waals surface area contributed by atoms with Crippen molar-refractivity contribution >= 4 is 5.91 Å². The number of amides is 1. The zero-order valence-corrected chi connectivity index (χ0v) is 14.9. The molecular weight excluding hydrogens is 310 g/mol. The first-order valence-electron chi connectivity index (χ1n) is 9.30. The van der Waals surface area contributed by atoms with Gasteiger partial charge in [-0.2, -0.15) is 0 Å². The highest BCUT2D eigenvalue weighted by atomic mass is 16.5. The fourth-order valence-corrected chi connectivity index (χ4v) is 3.37. The maximum absolute atomic E-state index is 12.2. The van der Waals surface area contributed by atoms with E-state index in [1.807, 2.05) is 49.4 Å². The van der Waals surface area contributed by atoms with Crippen molar-refractivity contribution in [2.75, 3.05) is 0 Å². The van der Waals surface area contributed by atoms with Gasteiger partial charge in [0.25, 0.3) is 0 Å². The average Bonchev–Trinajstić information content (AvgIpc) is 3.14. The molecule has 0 bridgehead atoms. The predicted octanol–water partition coefficient (Wildman–Crippen LogP) is 4.82. The Morgan fingerprint density at radius 3 is 2.64 bits per heavy atom. The van der Waals surface area contributed by atoms with Gasteiger partial charge in [0.15, 0.2) is 0 Å². The van der Waals surface area contributed by atoms with Crippen molar-refractivity contribution in [1.29, 1.82) is 0 Å². The van der Waals surface area contributed by atoms with E-state index < -0.39 is 0 Å². The maximum Gasteiger partial charge on any atom is 0.220 e. The van der Waals surface area contributed by atoms with Crippen molar-refractivity contribution in [2.45, 2.75) is 57.6 Å². The summed E-state index contributed by atoms with van der Waals surface area (Å²) in [6.07, 6.45) is 6.44. The number of benzene rings is 2. The van der Waals surface area contributed by atoms with E-state index in [1.54, 1.807) is 0 Å². The smallest absolute Gasteiger partial charge is 0.220 e. The van der Waals surface area contributed by atoms with Gasteiger partial charge in [-0.1, -0.05) is 42.5 Å². The minimum absolute atomic E-state index is 0.0331. The summed E-state index contributed by atoms with van der Waals surface area (Å²) >= 11 is 0. The molecule has 1 atom stereocenters. The molecule has 1 saturated carbocycles. The van der Waals surface area contributed by atoms with Gasteiger partial charge in [0.2, 0.25) is 5.91 Å². The Bertz CT molecular complexity index is 677. The topological polar surface area (TPSA) is 38.3 Å². The number of rotatable bonds is 7. The number of carbonyl (C=O) groups excluding carboxylic acids is 1. The lowest BCUT2D eigenvalue weighted by Gasteiger charge is -2.15. The minimum Gasteiger partial charge on any atom is -0.490 e. The van der Waals surface area contributed by atoms with Crippen molar-refractivity contribution in [3.63, 3.8) is 0 Å². The molecule has 0 spiro atoms. The molecule has 0 heterocycles. The van der Waals surface area contributed by atoms with Crippen LogP contribution in [-0.4, -0.2) is 12.0 Å². The van der Waals surface area contributed by atoms with Gasteiger partial charge in [0, 0.05) is 6.42 Å². The lowest BCUT2D eigenvalue weighted by molar-refractivity contribution is -0.121. The lowest BCUT2D eigenvalue weighted by atomic mass is 10.1. The van der Waals surface area contributed by atoms with Gasteiger partial charge in [0.05, 0.1) is 12.1 Å². The van der Waals surface area contributed by atoms with Crippen LogP contribution in [0.1, 0.15) is 56.2 Å². The second kappa shape index (κ2) is 8.70. The zero-order valence-electron chi connectivity index (χ0n) is 14.9. The molecule has 1 fully saturated rings. The molecule has 0 saturated heterocycles. The predicted molar refractivity (Wildman–Crippen MR) is 101 cm³/mol. The van der Waals surface area contributed by atoms with Crippen molar-refractivity contribution < 1.29 is 9.53 Å². The van der Waals surface area contributed by atoms with Crippen LogP contribution in [0, 0.1) is 0 Å². The summed E-state index contributed by atoms with van der Waals surface area (Å²) in [5.41, 5.74) is 2.28. The molecule has 132 valence electrons. The Kier molecular flexibility index (Phi) is 6.10. The van der Waals surface area contributed by atoms with Crippen LogP contribution in [0.4, 0.5) is 0 Å². The molecule has 1 unspecified atom stereocenters. The molecule has 1 N–H and O–H groups in total. The average molecular weight is 337 g/mol. The summed E-state index contributed by atoms with van der Waals surface area (Å²) in [7, 11) is 0. The Labute approximate surface area is 150 Å². The summed E-state index contributed by atoms with van der Waals surface area (Å²) in [4.78, 5) is 12.2. The molecule has 3 rings (SSSR count). The Morgan fingerprint density at radius 1 is 1.12 bits per heavy atom.